The van der Waals surface area contributed by atoms with Crippen molar-refractivity contribution in [2.24, 2.45) is 0 Å². The van der Waals surface area contributed by atoms with Crippen LogP contribution < -0.4 is 5.32 Å². The Balaban J connectivity index is 1.42. The molecule has 150 valence electrons. The van der Waals surface area contributed by atoms with E-state index in [1.807, 2.05) is 13.1 Å². The zero-order valence-electron chi connectivity index (χ0n) is 16.1. The van der Waals surface area contributed by atoms with E-state index in [-0.39, 0.29) is 5.91 Å². The molecule has 3 N–H and O–H groups in total. The average molecular weight is 385 g/mol. The number of ether oxygens (including phenoxy) is 1. The van der Waals surface area contributed by atoms with E-state index in [0.717, 1.165) is 25.5 Å². The normalized spacial score (nSPS) is 27.6. The van der Waals surface area contributed by atoms with Gasteiger partial charge >= 0.3 is 0 Å². The van der Waals surface area contributed by atoms with Gasteiger partial charge < -0.3 is 20.1 Å². The molecule has 0 aliphatic carbocycles. The second kappa shape index (κ2) is 7.62. The molecule has 0 aromatic carbocycles. The van der Waals surface area contributed by atoms with E-state index in [1.54, 1.807) is 30.6 Å². The molecule has 8 heteroatoms. The third-order valence-corrected chi connectivity index (χ3v) is 6.04. The van der Waals surface area contributed by atoms with E-state index in [2.05, 4.69) is 25.2 Å². The highest BCUT2D eigenvalue weighted by Crippen LogP contribution is 2.40. The fourth-order valence-corrected chi connectivity index (χ4v) is 4.32. The van der Waals surface area contributed by atoms with Gasteiger partial charge in [0.1, 0.15) is 17.6 Å². The molecule has 2 aliphatic rings. The molecular formula is C20H27N5O3. The van der Waals surface area contributed by atoms with Crippen molar-refractivity contribution in [3.05, 3.63) is 48.3 Å². The minimum atomic E-state index is -0.785. The summed E-state index contributed by atoms with van der Waals surface area (Å²) in [6, 6.07) is 5.22. The predicted octanol–water partition coefficient (Wildman–Crippen LogP) is 1.11. The molecular weight excluding hydrogens is 358 g/mol. The van der Waals surface area contributed by atoms with Crippen LogP contribution in [0.1, 0.15) is 42.5 Å². The number of amides is 1. The van der Waals surface area contributed by atoms with Gasteiger partial charge in [0.25, 0.3) is 5.91 Å². The summed E-state index contributed by atoms with van der Waals surface area (Å²) in [5.74, 6) is 0.669. The predicted molar refractivity (Wildman–Crippen MR) is 103 cm³/mol. The van der Waals surface area contributed by atoms with Crippen molar-refractivity contribution in [2.45, 2.75) is 50.0 Å². The van der Waals surface area contributed by atoms with Gasteiger partial charge in [-0.15, -0.1) is 0 Å². The number of H-pyrrole nitrogens is 1. The third-order valence-electron chi connectivity index (χ3n) is 6.04. The van der Waals surface area contributed by atoms with Gasteiger partial charge in [-0.1, -0.05) is 6.07 Å². The maximum absolute atomic E-state index is 12.6. The van der Waals surface area contributed by atoms with Gasteiger partial charge in [0, 0.05) is 38.3 Å². The number of nitrogens with one attached hydrogen (secondary N) is 2. The van der Waals surface area contributed by atoms with Crippen molar-refractivity contribution in [1.29, 1.82) is 0 Å². The number of aromatic nitrogens is 3. The lowest BCUT2D eigenvalue weighted by molar-refractivity contribution is -0.206. The van der Waals surface area contributed by atoms with Crippen molar-refractivity contribution in [3.8, 4) is 0 Å². The molecule has 2 aromatic rings. The number of pyridine rings is 1. The van der Waals surface area contributed by atoms with E-state index in [1.165, 1.54) is 0 Å². The first-order valence-corrected chi connectivity index (χ1v) is 9.77. The number of aliphatic hydroxyl groups excluding tert-OH is 1. The lowest BCUT2D eigenvalue weighted by Gasteiger charge is -2.53. The molecule has 2 fully saturated rings. The molecule has 2 atom stereocenters. The number of rotatable bonds is 4. The Morgan fingerprint density at radius 3 is 2.82 bits per heavy atom. The lowest BCUT2D eigenvalue weighted by atomic mass is 9.73. The fraction of sp³-hybridized carbons (Fsp3) is 0.550. The highest BCUT2D eigenvalue weighted by Gasteiger charge is 2.53. The second-order valence-corrected chi connectivity index (χ2v) is 7.96. The van der Waals surface area contributed by atoms with Crippen LogP contribution in [0.4, 0.5) is 0 Å². The van der Waals surface area contributed by atoms with E-state index in [0.29, 0.717) is 31.6 Å². The molecule has 1 spiro atoms. The minimum Gasteiger partial charge on any atom is -0.388 e. The Labute approximate surface area is 164 Å². The van der Waals surface area contributed by atoms with Crippen molar-refractivity contribution in [1.82, 2.24) is 25.2 Å². The Kier molecular flexibility index (Phi) is 5.18. The standard InChI is InChI=1S/C20H27N5O3/c1-19(24-17(26)15-4-2-3-8-21-15)7-13-28-20(18(19)27)5-11-25(12-6-20)14-16-22-9-10-23-16/h2-4,8-10,18,27H,5-7,11-14H2,1H3,(H,22,23)(H,24,26)/t18?,19-/m1/s1. The minimum absolute atomic E-state index is 0.269. The quantitative estimate of drug-likeness (QED) is 0.729. The third kappa shape index (κ3) is 3.67. The number of carbonyl (C=O) groups excluding carboxylic acids is 1. The monoisotopic (exact) mass is 385 g/mol. The smallest absolute Gasteiger partial charge is 0.270 e. The SMILES string of the molecule is C[C@@]1(NC(=O)c2ccccn2)CCOC2(CCN(Cc3ncc[nH]3)CC2)C1O. The Hall–Kier alpha value is -2.29. The van der Waals surface area contributed by atoms with Gasteiger partial charge in [0.15, 0.2) is 0 Å². The molecule has 1 amide bonds. The molecule has 0 radical (unpaired) electrons. The summed E-state index contributed by atoms with van der Waals surface area (Å²) in [6.45, 7) is 4.78. The van der Waals surface area contributed by atoms with Crippen LogP contribution >= 0.6 is 0 Å². The van der Waals surface area contributed by atoms with Gasteiger partial charge in [0.2, 0.25) is 0 Å². The molecule has 28 heavy (non-hydrogen) atoms. The number of imidazole rings is 1. The number of aliphatic hydroxyl groups is 1. The zero-order chi connectivity index (χ0) is 19.6. The Morgan fingerprint density at radius 2 is 2.14 bits per heavy atom. The van der Waals surface area contributed by atoms with E-state index in [4.69, 9.17) is 4.74 Å². The van der Waals surface area contributed by atoms with Crippen molar-refractivity contribution < 1.29 is 14.6 Å². The summed E-state index contributed by atoms with van der Waals surface area (Å²) in [7, 11) is 0. The molecule has 2 aliphatic heterocycles. The Bertz CT molecular complexity index is 789. The molecule has 2 aromatic heterocycles. The zero-order valence-corrected chi connectivity index (χ0v) is 16.1. The van der Waals surface area contributed by atoms with E-state index in [9.17, 15) is 9.90 Å². The van der Waals surface area contributed by atoms with Crippen LogP contribution in [-0.2, 0) is 11.3 Å². The van der Waals surface area contributed by atoms with E-state index >= 15 is 0 Å². The fourth-order valence-electron chi connectivity index (χ4n) is 4.32. The maximum atomic E-state index is 12.6. The molecule has 0 saturated carbocycles. The van der Waals surface area contributed by atoms with Crippen LogP contribution in [0, 0.1) is 0 Å². The molecule has 4 rings (SSSR count). The van der Waals surface area contributed by atoms with Crippen molar-refractivity contribution in [2.75, 3.05) is 19.7 Å². The number of piperidine rings is 1. The largest absolute Gasteiger partial charge is 0.388 e. The first-order valence-electron chi connectivity index (χ1n) is 9.77. The first kappa shape index (κ1) is 19.0. The average Bonchev–Trinajstić information content (AvgIpc) is 3.22. The number of nitrogens with zero attached hydrogens (tertiary/aromatic N) is 3. The topological polar surface area (TPSA) is 103 Å². The molecule has 2 saturated heterocycles. The van der Waals surface area contributed by atoms with Gasteiger partial charge in [0.05, 0.1) is 17.7 Å². The van der Waals surface area contributed by atoms with Crippen LogP contribution in [0.5, 0.6) is 0 Å². The van der Waals surface area contributed by atoms with Crippen LogP contribution in [0.15, 0.2) is 36.8 Å². The summed E-state index contributed by atoms with van der Waals surface area (Å²) in [6.07, 6.45) is 6.37. The van der Waals surface area contributed by atoms with Gasteiger partial charge in [-0.25, -0.2) is 4.98 Å². The second-order valence-electron chi connectivity index (χ2n) is 7.96. The summed E-state index contributed by atoms with van der Waals surface area (Å²) in [5, 5.41) is 14.3. The van der Waals surface area contributed by atoms with Crippen molar-refractivity contribution >= 4 is 5.91 Å². The Morgan fingerprint density at radius 1 is 1.32 bits per heavy atom. The molecule has 0 bridgehead atoms. The number of aromatic amines is 1. The van der Waals surface area contributed by atoms with Gasteiger partial charge in [-0.2, -0.15) is 0 Å². The van der Waals surface area contributed by atoms with Crippen LogP contribution in [0.3, 0.4) is 0 Å². The van der Waals surface area contributed by atoms with Gasteiger partial charge in [-0.3, -0.25) is 14.7 Å². The van der Waals surface area contributed by atoms with E-state index < -0.39 is 17.2 Å². The maximum Gasteiger partial charge on any atom is 0.270 e. The van der Waals surface area contributed by atoms with Crippen LogP contribution in [0.2, 0.25) is 0 Å². The lowest BCUT2D eigenvalue weighted by Crippen LogP contribution is -2.69. The van der Waals surface area contributed by atoms with Gasteiger partial charge in [-0.05, 0) is 38.3 Å². The number of carbonyl (C=O) groups is 1. The summed E-state index contributed by atoms with van der Waals surface area (Å²) >= 11 is 0. The molecule has 4 heterocycles. The summed E-state index contributed by atoms with van der Waals surface area (Å²) in [4.78, 5) is 26.4. The summed E-state index contributed by atoms with van der Waals surface area (Å²) < 4.78 is 6.12. The highest BCUT2D eigenvalue weighted by molar-refractivity contribution is 5.92. The summed E-state index contributed by atoms with van der Waals surface area (Å²) in [5.41, 5.74) is -1.04. The number of hydrogen-bond donors (Lipinski definition) is 3. The first-order chi connectivity index (χ1) is 13.5. The van der Waals surface area contributed by atoms with Crippen molar-refractivity contribution in [3.63, 3.8) is 0 Å². The molecule has 8 nitrogen and oxygen atoms in total. The highest BCUT2D eigenvalue weighted by atomic mass is 16.5. The number of likely N-dealkylation sites (tertiary alicyclic amines) is 1. The molecule has 1 unspecified atom stereocenters. The van der Waals surface area contributed by atoms with Crippen LogP contribution in [-0.4, -0.2) is 67.8 Å². The van der Waals surface area contributed by atoms with Crippen LogP contribution in [0.25, 0.3) is 0 Å². The number of hydrogen-bond acceptors (Lipinski definition) is 6.